The minimum absolute atomic E-state index is 0.207. The lowest BCUT2D eigenvalue weighted by Gasteiger charge is -2.09. The van der Waals surface area contributed by atoms with Crippen LogP contribution in [0.15, 0.2) is 65.6 Å². The topological polar surface area (TPSA) is 91.0 Å². The summed E-state index contributed by atoms with van der Waals surface area (Å²) in [6, 6.07) is 16.3. The molecular weight excluding hydrogens is 370 g/mol. The van der Waals surface area contributed by atoms with Gasteiger partial charge in [0.2, 0.25) is 5.91 Å². The van der Waals surface area contributed by atoms with Crippen molar-refractivity contribution >= 4 is 22.5 Å². The van der Waals surface area contributed by atoms with E-state index in [0.717, 1.165) is 10.4 Å². The number of carbonyl (C=O) groups excluding carboxylic acids is 1. The molecule has 4 rings (SSSR count). The lowest BCUT2D eigenvalue weighted by Crippen LogP contribution is -2.31. The van der Waals surface area contributed by atoms with Gasteiger partial charge in [-0.3, -0.25) is 9.59 Å². The van der Waals surface area contributed by atoms with E-state index in [9.17, 15) is 9.59 Å². The standard InChI is InChI=1S/C21H19N5O3/c1-14-18-12-22-26(16-6-4-3-5-7-16)20(18)21(28)25(24-14)13-19(27)23-15-8-10-17(29-2)11-9-15/h3-12H,13H2,1-2H3,(H,23,27). The largest absolute Gasteiger partial charge is 0.497 e. The van der Waals surface area contributed by atoms with Gasteiger partial charge in [-0.05, 0) is 43.3 Å². The van der Waals surface area contributed by atoms with Crippen molar-refractivity contribution in [2.75, 3.05) is 12.4 Å². The number of anilines is 1. The molecule has 2 aromatic heterocycles. The van der Waals surface area contributed by atoms with E-state index >= 15 is 0 Å². The SMILES string of the molecule is COc1ccc(NC(=O)Cn2nc(C)c3cnn(-c4ccccc4)c3c2=O)cc1. The van der Waals surface area contributed by atoms with Crippen molar-refractivity contribution in [3.05, 3.63) is 76.8 Å². The van der Waals surface area contributed by atoms with Gasteiger partial charge in [0, 0.05) is 11.1 Å². The number of methoxy groups -OCH3 is 1. The van der Waals surface area contributed by atoms with E-state index < -0.39 is 0 Å². The van der Waals surface area contributed by atoms with Gasteiger partial charge < -0.3 is 10.1 Å². The summed E-state index contributed by atoms with van der Waals surface area (Å²) in [5, 5.41) is 12.0. The number of rotatable bonds is 5. The smallest absolute Gasteiger partial charge is 0.293 e. The maximum Gasteiger partial charge on any atom is 0.293 e. The third-order valence-electron chi connectivity index (χ3n) is 4.53. The van der Waals surface area contributed by atoms with Crippen LogP contribution in [0.1, 0.15) is 5.69 Å². The molecule has 2 aromatic carbocycles. The summed E-state index contributed by atoms with van der Waals surface area (Å²) in [4.78, 5) is 25.5. The Bertz CT molecular complexity index is 1230. The van der Waals surface area contributed by atoms with Crippen LogP contribution in [0.5, 0.6) is 5.75 Å². The number of hydrogen-bond donors (Lipinski definition) is 1. The van der Waals surface area contributed by atoms with Crippen molar-refractivity contribution in [3.63, 3.8) is 0 Å². The Kier molecular flexibility index (Phi) is 4.82. The second-order valence-electron chi connectivity index (χ2n) is 6.48. The van der Waals surface area contributed by atoms with Crippen LogP contribution in [0.3, 0.4) is 0 Å². The number of aromatic nitrogens is 4. The Balaban J connectivity index is 1.66. The molecular formula is C21H19N5O3. The number of nitrogens with zero attached hydrogens (tertiary/aromatic N) is 4. The Morgan fingerprint density at radius 1 is 1.10 bits per heavy atom. The van der Waals surface area contributed by atoms with Crippen LogP contribution in [0, 0.1) is 6.92 Å². The normalized spacial score (nSPS) is 10.8. The number of carbonyl (C=O) groups is 1. The van der Waals surface area contributed by atoms with E-state index in [1.54, 1.807) is 49.2 Å². The van der Waals surface area contributed by atoms with E-state index in [1.807, 2.05) is 30.3 Å². The molecule has 8 nitrogen and oxygen atoms in total. The fourth-order valence-corrected chi connectivity index (χ4v) is 3.10. The van der Waals surface area contributed by atoms with Gasteiger partial charge in [-0.1, -0.05) is 18.2 Å². The molecule has 0 fully saturated rings. The summed E-state index contributed by atoms with van der Waals surface area (Å²) in [5.74, 6) is 0.338. The molecule has 0 spiro atoms. The zero-order chi connectivity index (χ0) is 20.4. The van der Waals surface area contributed by atoms with Crippen molar-refractivity contribution in [3.8, 4) is 11.4 Å². The molecule has 1 N–H and O–H groups in total. The maximum absolute atomic E-state index is 13.1. The fraction of sp³-hybridized carbons (Fsp3) is 0.143. The summed E-state index contributed by atoms with van der Waals surface area (Å²) < 4.78 is 7.84. The molecule has 2 heterocycles. The average molecular weight is 389 g/mol. The quantitative estimate of drug-likeness (QED) is 0.566. The van der Waals surface area contributed by atoms with Crippen molar-refractivity contribution in [1.29, 1.82) is 0 Å². The summed E-state index contributed by atoms with van der Waals surface area (Å²) in [6.07, 6.45) is 1.62. The van der Waals surface area contributed by atoms with Crippen LogP contribution in [0.25, 0.3) is 16.6 Å². The van der Waals surface area contributed by atoms with Crippen molar-refractivity contribution in [1.82, 2.24) is 19.6 Å². The molecule has 29 heavy (non-hydrogen) atoms. The van der Waals surface area contributed by atoms with E-state index in [0.29, 0.717) is 28.0 Å². The van der Waals surface area contributed by atoms with Gasteiger partial charge in [-0.25, -0.2) is 9.36 Å². The van der Waals surface area contributed by atoms with Gasteiger partial charge >= 0.3 is 0 Å². The molecule has 0 aliphatic rings. The maximum atomic E-state index is 13.1. The Morgan fingerprint density at radius 3 is 2.52 bits per heavy atom. The highest BCUT2D eigenvalue weighted by Gasteiger charge is 2.16. The fourth-order valence-electron chi connectivity index (χ4n) is 3.10. The second-order valence-corrected chi connectivity index (χ2v) is 6.48. The minimum Gasteiger partial charge on any atom is -0.497 e. The van der Waals surface area contributed by atoms with Crippen molar-refractivity contribution < 1.29 is 9.53 Å². The molecule has 0 bridgehead atoms. The molecule has 0 saturated heterocycles. The van der Waals surface area contributed by atoms with Gasteiger partial charge in [0.15, 0.2) is 0 Å². The van der Waals surface area contributed by atoms with Crippen LogP contribution in [-0.4, -0.2) is 32.6 Å². The number of fused-ring (bicyclic) bond motifs is 1. The molecule has 8 heteroatoms. The lowest BCUT2D eigenvalue weighted by atomic mass is 10.2. The zero-order valence-electron chi connectivity index (χ0n) is 16.0. The molecule has 0 radical (unpaired) electrons. The van der Waals surface area contributed by atoms with E-state index in [-0.39, 0.29) is 18.0 Å². The van der Waals surface area contributed by atoms with Crippen LogP contribution < -0.4 is 15.6 Å². The van der Waals surface area contributed by atoms with Crippen molar-refractivity contribution in [2.45, 2.75) is 13.5 Å². The first-order valence-corrected chi connectivity index (χ1v) is 9.01. The van der Waals surface area contributed by atoms with Gasteiger partial charge in [0.1, 0.15) is 17.8 Å². The van der Waals surface area contributed by atoms with Gasteiger partial charge in [0.05, 0.1) is 24.7 Å². The number of ether oxygens (including phenoxy) is 1. The molecule has 0 unspecified atom stereocenters. The Morgan fingerprint density at radius 2 is 1.83 bits per heavy atom. The molecule has 1 amide bonds. The zero-order valence-corrected chi connectivity index (χ0v) is 16.0. The lowest BCUT2D eigenvalue weighted by molar-refractivity contribution is -0.117. The summed E-state index contributed by atoms with van der Waals surface area (Å²) in [6.45, 7) is 1.58. The average Bonchev–Trinajstić information content (AvgIpc) is 3.19. The minimum atomic E-state index is -0.378. The molecule has 0 aliphatic carbocycles. The van der Waals surface area contributed by atoms with E-state index in [4.69, 9.17) is 4.74 Å². The first kappa shape index (κ1) is 18.4. The summed E-state index contributed by atoms with van der Waals surface area (Å²) in [7, 11) is 1.57. The highest BCUT2D eigenvalue weighted by Crippen LogP contribution is 2.17. The summed E-state index contributed by atoms with van der Waals surface area (Å²) >= 11 is 0. The van der Waals surface area contributed by atoms with E-state index in [2.05, 4.69) is 15.5 Å². The van der Waals surface area contributed by atoms with Gasteiger partial charge in [-0.15, -0.1) is 0 Å². The van der Waals surface area contributed by atoms with Crippen LogP contribution in [0.2, 0.25) is 0 Å². The molecule has 4 aromatic rings. The van der Waals surface area contributed by atoms with Gasteiger partial charge in [-0.2, -0.15) is 10.2 Å². The number of aryl methyl sites for hydroxylation is 1. The third-order valence-corrected chi connectivity index (χ3v) is 4.53. The molecule has 0 atom stereocenters. The second kappa shape index (κ2) is 7.59. The Labute approximate surface area is 166 Å². The number of benzene rings is 2. The highest BCUT2D eigenvalue weighted by molar-refractivity contribution is 5.90. The Hall–Kier alpha value is -3.94. The van der Waals surface area contributed by atoms with Crippen LogP contribution in [0.4, 0.5) is 5.69 Å². The van der Waals surface area contributed by atoms with E-state index in [1.165, 1.54) is 0 Å². The predicted molar refractivity (Wildman–Crippen MR) is 109 cm³/mol. The third kappa shape index (κ3) is 3.60. The van der Waals surface area contributed by atoms with Crippen molar-refractivity contribution in [2.24, 2.45) is 0 Å². The first-order chi connectivity index (χ1) is 14.1. The highest BCUT2D eigenvalue weighted by atomic mass is 16.5. The first-order valence-electron chi connectivity index (χ1n) is 9.01. The number of nitrogens with one attached hydrogen (secondary N) is 1. The predicted octanol–water partition coefficient (Wildman–Crippen LogP) is 2.54. The molecule has 0 saturated carbocycles. The molecule has 0 aliphatic heterocycles. The van der Waals surface area contributed by atoms with Crippen LogP contribution >= 0.6 is 0 Å². The number of para-hydroxylation sites is 1. The van der Waals surface area contributed by atoms with Gasteiger partial charge in [0.25, 0.3) is 5.56 Å². The number of hydrogen-bond acceptors (Lipinski definition) is 5. The molecule has 146 valence electrons. The number of amides is 1. The summed E-state index contributed by atoms with van der Waals surface area (Å²) in [5.41, 5.74) is 2.01. The van der Waals surface area contributed by atoms with Crippen LogP contribution in [-0.2, 0) is 11.3 Å². The monoisotopic (exact) mass is 389 g/mol.